The standard InChI is InChI=1S/C15H22BrN3/c1-4-12-6-7-15(8-12,10-17)9-13-14(16)11(3)18-19(13)5-2/h12H,4-9H2,1-3H3. The largest absolute Gasteiger partial charge is 0.268 e. The van der Waals surface area contributed by atoms with Crippen LogP contribution in [0.1, 0.15) is 50.9 Å². The fourth-order valence-electron chi connectivity index (χ4n) is 3.25. The zero-order chi connectivity index (χ0) is 14.0. The quantitative estimate of drug-likeness (QED) is 0.831. The zero-order valence-electron chi connectivity index (χ0n) is 12.0. The summed E-state index contributed by atoms with van der Waals surface area (Å²) in [7, 11) is 0. The lowest BCUT2D eigenvalue weighted by Gasteiger charge is -2.21. The normalized spacial score (nSPS) is 26.6. The lowest BCUT2D eigenvalue weighted by Crippen LogP contribution is -2.20. The van der Waals surface area contributed by atoms with E-state index in [0.29, 0.717) is 0 Å². The summed E-state index contributed by atoms with van der Waals surface area (Å²) in [5.41, 5.74) is 2.04. The van der Waals surface area contributed by atoms with Crippen LogP contribution in [0.5, 0.6) is 0 Å². The van der Waals surface area contributed by atoms with Crippen LogP contribution in [-0.4, -0.2) is 9.78 Å². The Balaban J connectivity index is 2.27. The number of aromatic nitrogens is 2. The van der Waals surface area contributed by atoms with Crippen LogP contribution in [0.3, 0.4) is 0 Å². The smallest absolute Gasteiger partial charge is 0.0738 e. The number of rotatable bonds is 4. The van der Waals surface area contributed by atoms with Gasteiger partial charge in [-0.3, -0.25) is 4.68 Å². The van der Waals surface area contributed by atoms with Crippen LogP contribution in [-0.2, 0) is 13.0 Å². The Morgan fingerprint density at radius 1 is 1.53 bits per heavy atom. The summed E-state index contributed by atoms with van der Waals surface area (Å²) in [6.45, 7) is 7.21. The van der Waals surface area contributed by atoms with E-state index in [-0.39, 0.29) is 5.41 Å². The fourth-order valence-corrected chi connectivity index (χ4v) is 3.67. The number of nitriles is 1. The van der Waals surface area contributed by atoms with Crippen molar-refractivity contribution in [3.05, 3.63) is 15.9 Å². The Kier molecular flexibility index (Phi) is 4.35. The van der Waals surface area contributed by atoms with Gasteiger partial charge in [-0.05, 0) is 55.0 Å². The molecule has 1 fully saturated rings. The van der Waals surface area contributed by atoms with Gasteiger partial charge in [0.05, 0.1) is 27.3 Å². The molecule has 0 radical (unpaired) electrons. The molecule has 1 aromatic rings. The van der Waals surface area contributed by atoms with Gasteiger partial charge >= 0.3 is 0 Å². The van der Waals surface area contributed by atoms with Gasteiger partial charge < -0.3 is 0 Å². The summed E-state index contributed by atoms with van der Waals surface area (Å²) in [6.07, 6.45) is 5.29. The van der Waals surface area contributed by atoms with Crippen molar-refractivity contribution in [1.82, 2.24) is 9.78 Å². The SMILES string of the molecule is CCC1CCC(C#N)(Cc2c(Br)c(C)nn2CC)C1. The summed E-state index contributed by atoms with van der Waals surface area (Å²) >= 11 is 3.64. The van der Waals surface area contributed by atoms with Crippen molar-refractivity contribution in [3.8, 4) is 6.07 Å². The van der Waals surface area contributed by atoms with Crippen LogP contribution >= 0.6 is 15.9 Å². The van der Waals surface area contributed by atoms with Gasteiger partial charge in [0, 0.05) is 13.0 Å². The fraction of sp³-hybridized carbons (Fsp3) is 0.733. The molecule has 0 N–H and O–H groups in total. The van der Waals surface area contributed by atoms with E-state index in [2.05, 4.69) is 40.9 Å². The third kappa shape index (κ3) is 2.72. The molecule has 0 saturated heterocycles. The molecule has 0 aromatic carbocycles. The van der Waals surface area contributed by atoms with Crippen LogP contribution in [0.2, 0.25) is 0 Å². The number of halogens is 1. The molecule has 1 saturated carbocycles. The molecule has 2 unspecified atom stereocenters. The van der Waals surface area contributed by atoms with Crippen molar-refractivity contribution in [2.24, 2.45) is 11.3 Å². The third-order valence-electron chi connectivity index (χ3n) is 4.48. The predicted octanol–water partition coefficient (Wildman–Crippen LogP) is 4.24. The molecule has 0 spiro atoms. The minimum Gasteiger partial charge on any atom is -0.268 e. The van der Waals surface area contributed by atoms with Gasteiger partial charge in [-0.1, -0.05) is 13.3 Å². The second-order valence-corrected chi connectivity index (χ2v) is 6.54. The Morgan fingerprint density at radius 2 is 2.26 bits per heavy atom. The summed E-state index contributed by atoms with van der Waals surface area (Å²) < 4.78 is 3.13. The highest BCUT2D eigenvalue weighted by Crippen LogP contribution is 2.45. The van der Waals surface area contributed by atoms with Crippen LogP contribution in [0, 0.1) is 29.6 Å². The van der Waals surface area contributed by atoms with E-state index in [1.807, 2.05) is 11.6 Å². The first-order chi connectivity index (χ1) is 9.05. The molecular formula is C15H22BrN3. The van der Waals surface area contributed by atoms with E-state index in [1.54, 1.807) is 0 Å². The number of nitrogens with zero attached hydrogens (tertiary/aromatic N) is 3. The molecule has 3 nitrogen and oxygen atoms in total. The molecule has 1 heterocycles. The van der Waals surface area contributed by atoms with Crippen molar-refractivity contribution >= 4 is 15.9 Å². The Labute approximate surface area is 124 Å². The molecule has 0 amide bonds. The first kappa shape index (κ1) is 14.6. The minimum atomic E-state index is -0.178. The van der Waals surface area contributed by atoms with Crippen LogP contribution in [0.4, 0.5) is 0 Å². The van der Waals surface area contributed by atoms with Gasteiger partial charge in [0.25, 0.3) is 0 Å². The van der Waals surface area contributed by atoms with Crippen LogP contribution < -0.4 is 0 Å². The van der Waals surface area contributed by atoms with Crippen molar-refractivity contribution in [2.45, 2.75) is 59.4 Å². The topological polar surface area (TPSA) is 41.6 Å². The molecule has 0 bridgehead atoms. The first-order valence-corrected chi connectivity index (χ1v) is 7.97. The second-order valence-electron chi connectivity index (χ2n) is 5.75. The lowest BCUT2D eigenvalue weighted by atomic mass is 9.82. The molecular weight excluding hydrogens is 302 g/mol. The van der Waals surface area contributed by atoms with E-state index < -0.39 is 0 Å². The maximum atomic E-state index is 9.66. The van der Waals surface area contributed by atoms with Crippen molar-refractivity contribution in [1.29, 1.82) is 5.26 Å². The molecule has 2 rings (SSSR count). The predicted molar refractivity (Wildman–Crippen MR) is 79.7 cm³/mol. The van der Waals surface area contributed by atoms with E-state index in [9.17, 15) is 5.26 Å². The minimum absolute atomic E-state index is 0.178. The van der Waals surface area contributed by atoms with Crippen molar-refractivity contribution in [3.63, 3.8) is 0 Å². The van der Waals surface area contributed by atoms with Crippen molar-refractivity contribution in [2.75, 3.05) is 0 Å². The summed E-state index contributed by atoms with van der Waals surface area (Å²) in [6, 6.07) is 2.62. The molecule has 2 atom stereocenters. The first-order valence-electron chi connectivity index (χ1n) is 7.18. The third-order valence-corrected chi connectivity index (χ3v) is 5.52. The van der Waals surface area contributed by atoms with Gasteiger partial charge in [-0.2, -0.15) is 10.4 Å². The Bertz CT molecular complexity index is 500. The van der Waals surface area contributed by atoms with E-state index in [4.69, 9.17) is 0 Å². The molecule has 1 aliphatic carbocycles. The highest BCUT2D eigenvalue weighted by molar-refractivity contribution is 9.10. The Morgan fingerprint density at radius 3 is 2.79 bits per heavy atom. The monoisotopic (exact) mass is 323 g/mol. The van der Waals surface area contributed by atoms with Crippen molar-refractivity contribution < 1.29 is 0 Å². The summed E-state index contributed by atoms with van der Waals surface area (Å²) in [5.74, 6) is 0.720. The molecule has 104 valence electrons. The molecule has 0 aliphatic heterocycles. The highest BCUT2D eigenvalue weighted by Gasteiger charge is 2.40. The molecule has 1 aromatic heterocycles. The van der Waals surface area contributed by atoms with Crippen LogP contribution in [0.15, 0.2) is 4.47 Å². The van der Waals surface area contributed by atoms with Crippen LogP contribution in [0.25, 0.3) is 0 Å². The van der Waals surface area contributed by atoms with Gasteiger partial charge in [0.15, 0.2) is 0 Å². The average Bonchev–Trinajstić information content (AvgIpc) is 2.96. The van der Waals surface area contributed by atoms with Gasteiger partial charge in [0.2, 0.25) is 0 Å². The molecule has 19 heavy (non-hydrogen) atoms. The average molecular weight is 324 g/mol. The Hall–Kier alpha value is -0.820. The number of hydrogen-bond donors (Lipinski definition) is 0. The summed E-state index contributed by atoms with van der Waals surface area (Å²) in [4.78, 5) is 0. The summed E-state index contributed by atoms with van der Waals surface area (Å²) in [5, 5.41) is 14.2. The van der Waals surface area contributed by atoms with E-state index >= 15 is 0 Å². The van der Waals surface area contributed by atoms with E-state index in [1.165, 1.54) is 18.5 Å². The maximum absolute atomic E-state index is 9.66. The second kappa shape index (κ2) is 5.66. The number of hydrogen-bond acceptors (Lipinski definition) is 2. The highest BCUT2D eigenvalue weighted by atomic mass is 79.9. The zero-order valence-corrected chi connectivity index (χ0v) is 13.6. The molecule has 4 heteroatoms. The van der Waals surface area contributed by atoms with Gasteiger partial charge in [-0.25, -0.2) is 0 Å². The lowest BCUT2D eigenvalue weighted by molar-refractivity contribution is 0.368. The number of aryl methyl sites for hydroxylation is 2. The van der Waals surface area contributed by atoms with E-state index in [0.717, 1.165) is 41.9 Å². The maximum Gasteiger partial charge on any atom is 0.0738 e. The van der Waals surface area contributed by atoms with Gasteiger partial charge in [0.1, 0.15) is 0 Å². The molecule has 1 aliphatic rings. The van der Waals surface area contributed by atoms with Gasteiger partial charge in [-0.15, -0.1) is 0 Å².